The van der Waals surface area contributed by atoms with Crippen molar-refractivity contribution in [1.29, 1.82) is 0 Å². The van der Waals surface area contributed by atoms with Crippen molar-refractivity contribution in [2.45, 2.75) is 63.8 Å². The molecule has 134 valence electrons. The molecule has 0 saturated heterocycles. The van der Waals surface area contributed by atoms with Crippen LogP contribution in [0.1, 0.15) is 44.3 Å². The van der Waals surface area contributed by atoms with E-state index in [4.69, 9.17) is 4.74 Å². The standard InChI is InChI=1S/C16H28N6O2/c1-3-17-15(18-11-16(23)7-4-8-16)19-12-5-6-14-20-13(10-24-2)21-22(14)9-12/h12,23H,3-11H2,1-2H3,(H2,17,18,19). The number of aliphatic imine (C=N–C) groups is 1. The Hall–Kier alpha value is -1.67. The van der Waals surface area contributed by atoms with E-state index in [0.717, 1.165) is 62.8 Å². The first kappa shape index (κ1) is 17.2. The lowest BCUT2D eigenvalue weighted by molar-refractivity contribution is -0.0236. The molecule has 1 atom stereocenters. The van der Waals surface area contributed by atoms with Gasteiger partial charge in [-0.1, -0.05) is 0 Å². The Balaban J connectivity index is 1.59. The molecule has 1 aliphatic carbocycles. The highest BCUT2D eigenvalue weighted by molar-refractivity contribution is 5.80. The van der Waals surface area contributed by atoms with E-state index in [-0.39, 0.29) is 6.04 Å². The van der Waals surface area contributed by atoms with E-state index in [1.807, 2.05) is 11.6 Å². The first-order valence-electron chi connectivity index (χ1n) is 8.80. The van der Waals surface area contributed by atoms with Gasteiger partial charge in [0.15, 0.2) is 11.8 Å². The van der Waals surface area contributed by atoms with Gasteiger partial charge in [-0.2, -0.15) is 5.10 Å². The third kappa shape index (κ3) is 4.05. The number of fused-ring (bicyclic) bond motifs is 1. The molecule has 2 heterocycles. The molecule has 0 spiro atoms. The Morgan fingerprint density at radius 3 is 3.00 bits per heavy atom. The van der Waals surface area contributed by atoms with Crippen molar-refractivity contribution in [3.8, 4) is 0 Å². The van der Waals surface area contributed by atoms with Crippen LogP contribution in [-0.4, -0.2) is 57.7 Å². The summed E-state index contributed by atoms with van der Waals surface area (Å²) in [5, 5.41) is 21.4. The largest absolute Gasteiger partial charge is 0.388 e. The maximum Gasteiger partial charge on any atom is 0.191 e. The fourth-order valence-corrected chi connectivity index (χ4v) is 3.15. The van der Waals surface area contributed by atoms with Gasteiger partial charge in [0.2, 0.25) is 0 Å². The lowest BCUT2D eigenvalue weighted by Crippen LogP contribution is -2.48. The zero-order chi connectivity index (χ0) is 17.0. The molecule has 1 unspecified atom stereocenters. The van der Waals surface area contributed by atoms with Crippen molar-refractivity contribution < 1.29 is 9.84 Å². The summed E-state index contributed by atoms with van der Waals surface area (Å²) >= 11 is 0. The van der Waals surface area contributed by atoms with Crippen LogP contribution in [0.2, 0.25) is 0 Å². The van der Waals surface area contributed by atoms with E-state index < -0.39 is 5.60 Å². The van der Waals surface area contributed by atoms with Crippen LogP contribution in [0.15, 0.2) is 4.99 Å². The van der Waals surface area contributed by atoms with E-state index in [1.165, 1.54) is 0 Å². The predicted molar refractivity (Wildman–Crippen MR) is 90.8 cm³/mol. The van der Waals surface area contributed by atoms with Crippen LogP contribution < -0.4 is 10.6 Å². The molecule has 2 aliphatic rings. The predicted octanol–water partition coefficient (Wildman–Crippen LogP) is 0.209. The summed E-state index contributed by atoms with van der Waals surface area (Å²) < 4.78 is 7.06. The molecule has 0 amide bonds. The summed E-state index contributed by atoms with van der Waals surface area (Å²) in [6.07, 6.45) is 4.67. The molecule has 3 rings (SSSR count). The molecule has 0 radical (unpaired) electrons. The number of ether oxygens (including phenoxy) is 1. The molecule has 0 aromatic carbocycles. The van der Waals surface area contributed by atoms with Gasteiger partial charge in [-0.05, 0) is 32.6 Å². The van der Waals surface area contributed by atoms with Crippen molar-refractivity contribution >= 4 is 5.96 Å². The summed E-state index contributed by atoms with van der Waals surface area (Å²) in [5.41, 5.74) is -0.594. The molecule has 1 aromatic heterocycles. The van der Waals surface area contributed by atoms with Crippen LogP contribution in [0.4, 0.5) is 0 Å². The zero-order valence-electron chi connectivity index (χ0n) is 14.6. The normalized spacial score (nSPS) is 22.6. The second-order valence-corrected chi connectivity index (χ2v) is 6.71. The minimum Gasteiger partial charge on any atom is -0.388 e. The molecular weight excluding hydrogens is 308 g/mol. The number of aryl methyl sites for hydroxylation is 1. The Morgan fingerprint density at radius 1 is 1.50 bits per heavy atom. The van der Waals surface area contributed by atoms with Crippen LogP contribution >= 0.6 is 0 Å². The van der Waals surface area contributed by atoms with Gasteiger partial charge in [0.05, 0.1) is 18.7 Å². The van der Waals surface area contributed by atoms with Gasteiger partial charge in [-0.15, -0.1) is 0 Å². The monoisotopic (exact) mass is 336 g/mol. The number of aliphatic hydroxyl groups is 1. The second kappa shape index (κ2) is 7.48. The van der Waals surface area contributed by atoms with Crippen molar-refractivity contribution in [3.63, 3.8) is 0 Å². The lowest BCUT2D eigenvalue weighted by atomic mass is 9.80. The highest BCUT2D eigenvalue weighted by Crippen LogP contribution is 2.31. The number of guanidine groups is 1. The van der Waals surface area contributed by atoms with E-state index in [1.54, 1.807) is 7.11 Å². The van der Waals surface area contributed by atoms with Crippen molar-refractivity contribution in [2.75, 3.05) is 20.2 Å². The molecular formula is C16H28N6O2. The van der Waals surface area contributed by atoms with Gasteiger partial charge < -0.3 is 20.5 Å². The van der Waals surface area contributed by atoms with Crippen molar-refractivity contribution in [2.24, 2.45) is 4.99 Å². The number of rotatable bonds is 6. The Bertz CT molecular complexity index is 581. The molecule has 3 N–H and O–H groups in total. The molecule has 1 saturated carbocycles. The summed E-state index contributed by atoms with van der Waals surface area (Å²) in [4.78, 5) is 9.07. The van der Waals surface area contributed by atoms with Gasteiger partial charge in [-0.25, -0.2) is 9.67 Å². The van der Waals surface area contributed by atoms with Crippen LogP contribution in [0, 0.1) is 0 Å². The van der Waals surface area contributed by atoms with Crippen LogP contribution in [0.25, 0.3) is 0 Å². The first-order chi connectivity index (χ1) is 11.6. The second-order valence-electron chi connectivity index (χ2n) is 6.71. The molecule has 8 heteroatoms. The van der Waals surface area contributed by atoms with Crippen LogP contribution in [0.5, 0.6) is 0 Å². The van der Waals surface area contributed by atoms with Gasteiger partial charge in [0.25, 0.3) is 0 Å². The quantitative estimate of drug-likeness (QED) is 0.508. The third-order valence-electron chi connectivity index (χ3n) is 4.68. The van der Waals surface area contributed by atoms with E-state index in [0.29, 0.717) is 13.2 Å². The van der Waals surface area contributed by atoms with Crippen LogP contribution in [0.3, 0.4) is 0 Å². The Kier molecular flexibility index (Phi) is 5.35. The number of hydrogen-bond donors (Lipinski definition) is 3. The topological polar surface area (TPSA) is 96.6 Å². The summed E-state index contributed by atoms with van der Waals surface area (Å²) in [6.45, 7) is 4.51. The third-order valence-corrected chi connectivity index (χ3v) is 4.68. The summed E-state index contributed by atoms with van der Waals surface area (Å²) in [7, 11) is 1.65. The smallest absolute Gasteiger partial charge is 0.191 e. The Labute approximate surface area is 142 Å². The molecule has 8 nitrogen and oxygen atoms in total. The highest BCUT2D eigenvalue weighted by atomic mass is 16.5. The van der Waals surface area contributed by atoms with E-state index in [2.05, 4.69) is 25.7 Å². The molecule has 1 aromatic rings. The number of hydrogen-bond acceptors (Lipinski definition) is 5. The van der Waals surface area contributed by atoms with Crippen molar-refractivity contribution in [1.82, 2.24) is 25.4 Å². The van der Waals surface area contributed by atoms with Gasteiger partial charge >= 0.3 is 0 Å². The summed E-state index contributed by atoms with van der Waals surface area (Å²) in [6, 6.07) is 0.253. The lowest BCUT2D eigenvalue weighted by Gasteiger charge is -2.35. The number of nitrogens with zero attached hydrogens (tertiary/aromatic N) is 4. The maximum atomic E-state index is 10.2. The maximum absolute atomic E-state index is 10.2. The minimum atomic E-state index is -0.594. The van der Waals surface area contributed by atoms with E-state index >= 15 is 0 Å². The average Bonchev–Trinajstić information content (AvgIpc) is 2.93. The molecule has 1 aliphatic heterocycles. The minimum absolute atomic E-state index is 0.253. The number of methoxy groups -OCH3 is 1. The highest BCUT2D eigenvalue weighted by Gasteiger charge is 2.34. The number of nitrogens with one attached hydrogen (secondary N) is 2. The molecule has 1 fully saturated rings. The van der Waals surface area contributed by atoms with Gasteiger partial charge in [-0.3, -0.25) is 4.99 Å². The summed E-state index contributed by atoms with van der Waals surface area (Å²) in [5.74, 6) is 2.52. The van der Waals surface area contributed by atoms with Crippen molar-refractivity contribution in [3.05, 3.63) is 11.6 Å². The Morgan fingerprint density at radius 2 is 2.33 bits per heavy atom. The van der Waals surface area contributed by atoms with E-state index in [9.17, 15) is 5.11 Å². The van der Waals surface area contributed by atoms with Gasteiger partial charge in [0, 0.05) is 26.1 Å². The zero-order valence-corrected chi connectivity index (χ0v) is 14.6. The fourth-order valence-electron chi connectivity index (χ4n) is 3.15. The number of aromatic nitrogens is 3. The van der Waals surface area contributed by atoms with Crippen LogP contribution in [-0.2, 0) is 24.3 Å². The van der Waals surface area contributed by atoms with Gasteiger partial charge in [0.1, 0.15) is 12.4 Å². The molecule has 0 bridgehead atoms. The fraction of sp³-hybridized carbons (Fsp3) is 0.812. The SMILES string of the molecule is CCNC(=NCC1(O)CCC1)NC1CCc2nc(COC)nn2C1. The average molecular weight is 336 g/mol. The first-order valence-corrected chi connectivity index (χ1v) is 8.80. The molecule has 24 heavy (non-hydrogen) atoms.